The molecule has 0 unspecified atom stereocenters. The average molecular weight is 641 g/mol. The molecule has 1 aliphatic heterocycles. The van der Waals surface area contributed by atoms with Crippen molar-refractivity contribution in [3.63, 3.8) is 0 Å². The van der Waals surface area contributed by atoms with Gasteiger partial charge in [0.1, 0.15) is 0 Å². The van der Waals surface area contributed by atoms with Crippen molar-refractivity contribution in [2.45, 2.75) is 72.8 Å². The van der Waals surface area contributed by atoms with Crippen LogP contribution in [0.2, 0.25) is 14.2 Å². The molecule has 0 saturated carbocycles. The van der Waals surface area contributed by atoms with Crippen LogP contribution in [-0.2, 0) is 31.2 Å². The number of amides is 2. The molecular formula is C27H33AsCl2N3O4S. The minimum absolute atomic E-state index is 0.0537. The summed E-state index contributed by atoms with van der Waals surface area (Å²) in [6.45, 7) is 7.05. The second-order valence-corrected chi connectivity index (χ2v) is 17.6. The molecule has 1 fully saturated rings. The predicted octanol–water partition coefficient (Wildman–Crippen LogP) is 4.49. The van der Waals surface area contributed by atoms with Gasteiger partial charge in [0, 0.05) is 6.54 Å². The molecule has 1 aliphatic carbocycles. The van der Waals surface area contributed by atoms with E-state index >= 15 is 0 Å². The quantitative estimate of drug-likeness (QED) is 0.436. The zero-order valence-electron chi connectivity index (χ0n) is 21.8. The summed E-state index contributed by atoms with van der Waals surface area (Å²) in [5.74, 6) is -0.855. The van der Waals surface area contributed by atoms with E-state index in [-0.39, 0.29) is 62.2 Å². The summed E-state index contributed by atoms with van der Waals surface area (Å²) in [7, 11) is -4.08. The molecule has 205 valence electrons. The third kappa shape index (κ3) is 6.94. The van der Waals surface area contributed by atoms with Crippen LogP contribution in [0, 0.1) is 0 Å². The summed E-state index contributed by atoms with van der Waals surface area (Å²) in [5.41, 5.74) is 3.70. The maximum atomic E-state index is 13.4. The van der Waals surface area contributed by atoms with Crippen molar-refractivity contribution >= 4 is 60.8 Å². The van der Waals surface area contributed by atoms with E-state index in [0.717, 1.165) is 34.3 Å². The van der Waals surface area contributed by atoms with E-state index in [0.29, 0.717) is 4.20 Å². The van der Waals surface area contributed by atoms with Gasteiger partial charge in [0.15, 0.2) is 0 Å². The van der Waals surface area contributed by atoms with Gasteiger partial charge in [0.05, 0.1) is 14.9 Å². The molecule has 0 aromatic heterocycles. The molecule has 0 spiro atoms. The third-order valence-corrected chi connectivity index (χ3v) is 12.5. The van der Waals surface area contributed by atoms with Gasteiger partial charge in [-0.2, -0.15) is 0 Å². The van der Waals surface area contributed by atoms with Crippen LogP contribution in [0.25, 0.3) is 0 Å². The van der Waals surface area contributed by atoms with Crippen LogP contribution in [0.1, 0.15) is 62.8 Å². The van der Waals surface area contributed by atoms with Gasteiger partial charge in [0.25, 0.3) is 0 Å². The van der Waals surface area contributed by atoms with Gasteiger partial charge < -0.3 is 0 Å². The Bertz CT molecular complexity index is 1330. The Balaban J connectivity index is 1.48. The fourth-order valence-corrected chi connectivity index (χ4v) is 8.59. The minimum atomic E-state index is -4.08. The Labute approximate surface area is 241 Å². The van der Waals surface area contributed by atoms with Gasteiger partial charge in [0.2, 0.25) is 0 Å². The van der Waals surface area contributed by atoms with E-state index in [1.54, 1.807) is 0 Å². The van der Waals surface area contributed by atoms with Crippen LogP contribution < -0.4 is 10.6 Å². The maximum absolute atomic E-state index is 13.4. The van der Waals surface area contributed by atoms with E-state index in [1.165, 1.54) is 29.3 Å². The summed E-state index contributed by atoms with van der Waals surface area (Å²) in [6, 6.07) is 9.24. The Morgan fingerprint density at radius 1 is 1.16 bits per heavy atom. The molecule has 2 aliphatic rings. The molecule has 2 aromatic carbocycles. The number of piperazine rings is 1. The third-order valence-electron chi connectivity index (χ3n) is 6.75. The summed E-state index contributed by atoms with van der Waals surface area (Å²) in [5, 5.41) is 7.19. The number of hydrogen-bond donors (Lipinski definition) is 2. The molecule has 38 heavy (non-hydrogen) atoms. The number of sulfonamides is 1. The molecule has 1 heterocycles. The fraction of sp³-hybridized carbons (Fsp3) is 0.481. The molecular weight excluding hydrogens is 608 g/mol. The van der Waals surface area contributed by atoms with Crippen molar-refractivity contribution in [1.29, 1.82) is 0 Å². The summed E-state index contributed by atoms with van der Waals surface area (Å²) in [4.78, 5) is 25.9. The first kappa shape index (κ1) is 29.4. The van der Waals surface area contributed by atoms with E-state index < -0.39 is 22.0 Å². The van der Waals surface area contributed by atoms with E-state index in [1.807, 2.05) is 0 Å². The molecule has 1 radical (unpaired) electrons. The second kappa shape index (κ2) is 11.9. The molecule has 2 N–H and O–H groups in total. The van der Waals surface area contributed by atoms with Gasteiger partial charge in [-0.1, -0.05) is 23.2 Å². The number of nitrogens with zero attached hydrogens (tertiary/aromatic N) is 1. The SMILES string of the molecule is CC(C)(C)[As]Cc1ccc2c(c1)CCC[C@H]2NC(=O)C[C@@H]1C(=O)NCCN1S(=O)(=O)c1ccc(Cl)c(Cl)c1. The Hall–Kier alpha value is -1.57. The first-order valence-corrected chi connectivity index (χ1v) is 17.2. The Kier molecular flexibility index (Phi) is 9.20. The van der Waals surface area contributed by atoms with Gasteiger partial charge >= 0.3 is 172 Å². The predicted molar refractivity (Wildman–Crippen MR) is 151 cm³/mol. The van der Waals surface area contributed by atoms with Gasteiger partial charge in [-0.3, -0.25) is 0 Å². The first-order valence-electron chi connectivity index (χ1n) is 12.7. The van der Waals surface area contributed by atoms with Crippen molar-refractivity contribution in [1.82, 2.24) is 14.9 Å². The second-order valence-electron chi connectivity index (χ2n) is 10.7. The minimum Gasteiger partial charge on any atom is -0.207 e. The monoisotopic (exact) mass is 640 g/mol. The van der Waals surface area contributed by atoms with Crippen molar-refractivity contribution in [3.05, 3.63) is 63.1 Å². The van der Waals surface area contributed by atoms with Gasteiger partial charge in [-0.15, -0.1) is 0 Å². The van der Waals surface area contributed by atoms with Crippen LogP contribution in [0.15, 0.2) is 41.3 Å². The van der Waals surface area contributed by atoms with Gasteiger partial charge in [-0.25, -0.2) is 8.42 Å². The Morgan fingerprint density at radius 2 is 1.92 bits per heavy atom. The average Bonchev–Trinajstić information content (AvgIpc) is 2.85. The van der Waals surface area contributed by atoms with Crippen molar-refractivity contribution in [2.24, 2.45) is 0 Å². The number of nitrogens with one attached hydrogen (secondary N) is 2. The van der Waals surface area contributed by atoms with Crippen molar-refractivity contribution in [3.8, 4) is 0 Å². The first-order chi connectivity index (χ1) is 17.8. The van der Waals surface area contributed by atoms with Crippen LogP contribution in [0.5, 0.6) is 0 Å². The molecule has 1 saturated heterocycles. The smallest absolute Gasteiger partial charge is 0.207 e. The zero-order chi connectivity index (χ0) is 27.7. The summed E-state index contributed by atoms with van der Waals surface area (Å²) in [6.07, 6.45) is 2.46. The van der Waals surface area contributed by atoms with E-state index in [4.69, 9.17) is 23.2 Å². The van der Waals surface area contributed by atoms with E-state index in [9.17, 15) is 18.0 Å². The molecule has 4 rings (SSSR count). The number of benzene rings is 2. The number of fused-ring (bicyclic) bond motifs is 1. The van der Waals surface area contributed by atoms with Gasteiger partial charge in [-0.05, 0) is 18.2 Å². The number of rotatable bonds is 7. The zero-order valence-corrected chi connectivity index (χ0v) is 26.0. The summed E-state index contributed by atoms with van der Waals surface area (Å²) < 4.78 is 28.3. The van der Waals surface area contributed by atoms with Crippen molar-refractivity contribution < 1.29 is 18.0 Å². The molecule has 2 aromatic rings. The number of hydrogen-bond acceptors (Lipinski definition) is 4. The normalized spacial score (nSPS) is 20.8. The molecule has 7 nitrogen and oxygen atoms in total. The van der Waals surface area contributed by atoms with Crippen LogP contribution >= 0.6 is 23.2 Å². The van der Waals surface area contributed by atoms with Crippen molar-refractivity contribution in [2.75, 3.05) is 13.1 Å². The van der Waals surface area contributed by atoms with E-state index in [2.05, 4.69) is 49.6 Å². The number of aryl methyl sites for hydroxylation is 1. The van der Waals surface area contributed by atoms with Crippen LogP contribution in [-0.4, -0.2) is 59.4 Å². The molecule has 2 atom stereocenters. The van der Waals surface area contributed by atoms with Crippen LogP contribution in [0.4, 0.5) is 0 Å². The molecule has 11 heteroatoms. The van der Waals surface area contributed by atoms with Crippen LogP contribution in [0.3, 0.4) is 0 Å². The standard InChI is InChI=1S/C27H33AsCl2N3O4S/c1-27(2,3)28-16-17-7-9-20-18(13-17)5-4-6-23(20)32-25(34)15-24-26(35)31-11-12-33(24)38(36,37)19-8-10-21(29)22(30)14-19/h7-10,13-14,23-24H,4-6,11-12,15-16H2,1-3H3,(H,31,35)(H,32,34)/t23-,24-/m1/s1. The topological polar surface area (TPSA) is 95.6 Å². The molecule has 0 bridgehead atoms. The number of carbonyl (C=O) groups excluding carboxylic acids is 2. The fourth-order valence-electron chi connectivity index (χ4n) is 4.82. The Morgan fingerprint density at radius 3 is 2.63 bits per heavy atom. The molecule has 2 amide bonds. The number of carbonyl (C=O) groups is 2. The summed E-state index contributed by atoms with van der Waals surface area (Å²) >= 11 is 12.2. The number of halogens is 2.